The van der Waals surface area contributed by atoms with Crippen molar-refractivity contribution in [3.63, 3.8) is 0 Å². The van der Waals surface area contributed by atoms with Gasteiger partial charge in [0.2, 0.25) is 0 Å². The third kappa shape index (κ3) is 3.80. The maximum atomic E-state index is 12.6. The fourth-order valence-corrected chi connectivity index (χ4v) is 2.18. The molecule has 0 saturated carbocycles. The number of anilines is 2. The molecule has 0 bridgehead atoms. The van der Waals surface area contributed by atoms with E-state index in [-0.39, 0.29) is 5.15 Å². The Hall–Kier alpha value is -2.67. The number of pyridine rings is 1. The van der Waals surface area contributed by atoms with E-state index in [4.69, 9.17) is 11.6 Å². The topological polar surface area (TPSA) is 50.7 Å². The lowest BCUT2D eigenvalue weighted by Crippen LogP contribution is -2.04. The second kappa shape index (κ2) is 6.45. The molecule has 0 aliphatic rings. The van der Waals surface area contributed by atoms with Gasteiger partial charge in [0.15, 0.2) is 5.82 Å². The first kappa shape index (κ1) is 16.2. The number of halogens is 4. The Bertz CT molecular complexity index is 836. The summed E-state index contributed by atoms with van der Waals surface area (Å²) in [6.07, 6.45) is -1.16. The molecular weight excluding hydrogens is 341 g/mol. The number of alkyl halides is 3. The van der Waals surface area contributed by atoms with Gasteiger partial charge in [0.05, 0.1) is 5.56 Å². The molecule has 0 atom stereocenters. The molecule has 0 unspecified atom stereocenters. The lowest BCUT2D eigenvalue weighted by molar-refractivity contribution is -0.137. The van der Waals surface area contributed by atoms with Crippen LogP contribution in [0.25, 0.3) is 11.4 Å². The quantitative estimate of drug-likeness (QED) is 0.679. The van der Waals surface area contributed by atoms with Crippen LogP contribution in [0.4, 0.5) is 24.7 Å². The molecule has 0 aliphatic carbocycles. The van der Waals surface area contributed by atoms with Crippen LogP contribution < -0.4 is 5.32 Å². The third-order valence-corrected chi connectivity index (χ3v) is 3.29. The van der Waals surface area contributed by atoms with Gasteiger partial charge in [-0.25, -0.2) is 9.97 Å². The van der Waals surface area contributed by atoms with Crippen molar-refractivity contribution in [1.82, 2.24) is 15.0 Å². The summed E-state index contributed by atoms with van der Waals surface area (Å²) in [7, 11) is 0. The van der Waals surface area contributed by atoms with E-state index in [1.165, 1.54) is 18.2 Å². The number of benzene rings is 1. The average molecular weight is 351 g/mol. The number of rotatable bonds is 3. The molecule has 0 amide bonds. The first-order valence-corrected chi connectivity index (χ1v) is 7.19. The predicted octanol–water partition coefficient (Wildman–Crippen LogP) is 4.95. The Kier molecular flexibility index (Phi) is 4.35. The molecular formula is C16H10ClF3N4. The summed E-state index contributed by atoms with van der Waals surface area (Å²) in [6, 6.07) is 9.63. The van der Waals surface area contributed by atoms with Crippen LogP contribution >= 0.6 is 11.6 Å². The molecule has 2 heterocycles. The van der Waals surface area contributed by atoms with Crippen LogP contribution in [0.1, 0.15) is 5.56 Å². The fraction of sp³-hybridized carbons (Fsp3) is 0.0625. The normalized spacial score (nSPS) is 11.3. The van der Waals surface area contributed by atoms with Crippen molar-refractivity contribution in [2.24, 2.45) is 0 Å². The monoisotopic (exact) mass is 350 g/mol. The summed E-state index contributed by atoms with van der Waals surface area (Å²) in [4.78, 5) is 12.4. The van der Waals surface area contributed by atoms with Crippen molar-refractivity contribution in [3.05, 3.63) is 65.6 Å². The van der Waals surface area contributed by atoms with Gasteiger partial charge >= 0.3 is 6.18 Å². The van der Waals surface area contributed by atoms with Crippen molar-refractivity contribution in [3.8, 4) is 11.4 Å². The number of nitrogens with one attached hydrogen (secondary N) is 1. The van der Waals surface area contributed by atoms with Gasteiger partial charge < -0.3 is 5.32 Å². The Labute approximate surface area is 140 Å². The Morgan fingerprint density at radius 2 is 1.75 bits per heavy atom. The molecule has 122 valence electrons. The molecule has 2 aromatic heterocycles. The zero-order valence-electron chi connectivity index (χ0n) is 12.0. The Balaban J connectivity index is 1.87. The van der Waals surface area contributed by atoms with Crippen LogP contribution in [0.3, 0.4) is 0 Å². The van der Waals surface area contributed by atoms with E-state index in [1.807, 2.05) is 0 Å². The van der Waals surface area contributed by atoms with Gasteiger partial charge in [-0.15, -0.1) is 0 Å². The number of hydrogen-bond acceptors (Lipinski definition) is 4. The lowest BCUT2D eigenvalue weighted by Gasteiger charge is -2.10. The highest BCUT2D eigenvalue weighted by molar-refractivity contribution is 6.29. The van der Waals surface area contributed by atoms with E-state index in [0.717, 1.165) is 12.1 Å². The minimum absolute atomic E-state index is 0.207. The predicted molar refractivity (Wildman–Crippen MR) is 85.0 cm³/mol. The number of hydrogen-bond donors (Lipinski definition) is 1. The van der Waals surface area contributed by atoms with E-state index in [1.54, 1.807) is 24.5 Å². The molecule has 24 heavy (non-hydrogen) atoms. The van der Waals surface area contributed by atoms with Crippen molar-refractivity contribution in [2.75, 3.05) is 5.32 Å². The summed E-state index contributed by atoms with van der Waals surface area (Å²) in [5, 5.41) is 3.12. The first-order chi connectivity index (χ1) is 11.4. The minimum Gasteiger partial charge on any atom is -0.340 e. The van der Waals surface area contributed by atoms with Gasteiger partial charge in [0.25, 0.3) is 0 Å². The first-order valence-electron chi connectivity index (χ1n) is 6.81. The maximum Gasteiger partial charge on any atom is 0.416 e. The van der Waals surface area contributed by atoms with Crippen LogP contribution in [0, 0.1) is 0 Å². The lowest BCUT2D eigenvalue weighted by atomic mass is 10.2. The smallest absolute Gasteiger partial charge is 0.340 e. The summed E-state index contributed by atoms with van der Waals surface area (Å²) in [6.45, 7) is 0. The summed E-state index contributed by atoms with van der Waals surface area (Å²) >= 11 is 5.99. The highest BCUT2D eigenvalue weighted by atomic mass is 35.5. The van der Waals surface area contributed by atoms with E-state index in [0.29, 0.717) is 22.9 Å². The SMILES string of the molecule is FC(F)(F)c1ccc(Nc2cc(Cl)nc(-c3cccnc3)n2)cc1. The molecule has 0 aliphatic heterocycles. The van der Waals surface area contributed by atoms with E-state index in [2.05, 4.69) is 20.3 Å². The van der Waals surface area contributed by atoms with E-state index in [9.17, 15) is 13.2 Å². The van der Waals surface area contributed by atoms with Crippen molar-refractivity contribution in [1.29, 1.82) is 0 Å². The summed E-state index contributed by atoms with van der Waals surface area (Å²) < 4.78 is 37.7. The van der Waals surface area contributed by atoms with Crippen LogP contribution in [-0.2, 0) is 6.18 Å². The van der Waals surface area contributed by atoms with Crippen molar-refractivity contribution in [2.45, 2.75) is 6.18 Å². The molecule has 4 nitrogen and oxygen atoms in total. The van der Waals surface area contributed by atoms with Crippen LogP contribution in [-0.4, -0.2) is 15.0 Å². The summed E-state index contributed by atoms with van der Waals surface area (Å²) in [5.74, 6) is 0.735. The molecule has 0 spiro atoms. The fourth-order valence-electron chi connectivity index (χ4n) is 2.00. The molecule has 8 heteroatoms. The van der Waals surface area contributed by atoms with Gasteiger partial charge in [-0.2, -0.15) is 13.2 Å². The maximum absolute atomic E-state index is 12.6. The van der Waals surface area contributed by atoms with Crippen LogP contribution in [0.2, 0.25) is 5.15 Å². The standard InChI is InChI=1S/C16H10ClF3N4/c17-13-8-14(24-15(23-13)10-2-1-7-21-9-10)22-12-5-3-11(4-6-12)16(18,19)20/h1-9H,(H,22,23,24). The molecule has 1 N–H and O–H groups in total. The van der Waals surface area contributed by atoms with Crippen molar-refractivity contribution >= 4 is 23.1 Å². The number of aromatic nitrogens is 3. The highest BCUT2D eigenvalue weighted by Gasteiger charge is 2.29. The van der Waals surface area contributed by atoms with Gasteiger partial charge in [-0.1, -0.05) is 11.6 Å². The van der Waals surface area contributed by atoms with Crippen LogP contribution in [0.15, 0.2) is 54.9 Å². The highest BCUT2D eigenvalue weighted by Crippen LogP contribution is 2.30. The molecule has 0 saturated heterocycles. The molecule has 3 rings (SSSR count). The Morgan fingerprint density at radius 1 is 1.00 bits per heavy atom. The van der Waals surface area contributed by atoms with E-state index >= 15 is 0 Å². The molecule has 1 aromatic carbocycles. The zero-order chi connectivity index (χ0) is 17.2. The largest absolute Gasteiger partial charge is 0.416 e. The van der Waals surface area contributed by atoms with Crippen LogP contribution in [0.5, 0.6) is 0 Å². The van der Waals surface area contributed by atoms with Gasteiger partial charge in [-0.3, -0.25) is 4.98 Å². The summed E-state index contributed by atoms with van der Waals surface area (Å²) in [5.41, 5.74) is 0.412. The van der Waals surface area contributed by atoms with Gasteiger partial charge in [0, 0.05) is 29.7 Å². The molecule has 3 aromatic rings. The zero-order valence-corrected chi connectivity index (χ0v) is 12.8. The second-order valence-corrected chi connectivity index (χ2v) is 5.23. The molecule has 0 fully saturated rings. The average Bonchev–Trinajstić information content (AvgIpc) is 2.55. The number of nitrogens with zero attached hydrogens (tertiary/aromatic N) is 3. The third-order valence-electron chi connectivity index (χ3n) is 3.10. The van der Waals surface area contributed by atoms with Gasteiger partial charge in [0.1, 0.15) is 11.0 Å². The Morgan fingerprint density at radius 3 is 2.38 bits per heavy atom. The van der Waals surface area contributed by atoms with Crippen molar-refractivity contribution < 1.29 is 13.2 Å². The minimum atomic E-state index is -4.37. The molecule has 0 radical (unpaired) electrons. The van der Waals surface area contributed by atoms with E-state index < -0.39 is 11.7 Å². The second-order valence-electron chi connectivity index (χ2n) is 4.84. The van der Waals surface area contributed by atoms with Gasteiger partial charge in [-0.05, 0) is 36.4 Å².